The average Bonchev–Trinajstić information content (AvgIpc) is 3.08. The minimum absolute atomic E-state index is 0.0516. The van der Waals surface area contributed by atoms with Crippen molar-refractivity contribution in [2.24, 2.45) is 5.73 Å². The van der Waals surface area contributed by atoms with Gasteiger partial charge < -0.3 is 15.8 Å². The van der Waals surface area contributed by atoms with Crippen molar-refractivity contribution < 1.29 is 18.3 Å². The van der Waals surface area contributed by atoms with E-state index in [4.69, 9.17) is 22.1 Å². The Morgan fingerprint density at radius 1 is 1.18 bits per heavy atom. The zero-order valence-corrected chi connectivity index (χ0v) is 19.4. The molecule has 1 atom stereocenters. The number of hydrogen-bond donors (Lipinski definition) is 2. The number of nitrogens with one attached hydrogen (secondary N) is 1. The molecule has 0 radical (unpaired) electrons. The van der Waals surface area contributed by atoms with Gasteiger partial charge in [0, 0.05) is 23.7 Å². The minimum Gasteiger partial charge on any atom is -0.485 e. The van der Waals surface area contributed by atoms with E-state index in [2.05, 4.69) is 10.3 Å². The van der Waals surface area contributed by atoms with E-state index in [0.717, 1.165) is 11.1 Å². The second-order valence-corrected chi connectivity index (χ2v) is 8.46. The Labute approximate surface area is 200 Å². The fourth-order valence-corrected chi connectivity index (χ4v) is 3.77. The molecule has 0 fully saturated rings. The van der Waals surface area contributed by atoms with Crippen molar-refractivity contribution in [3.05, 3.63) is 93.8 Å². The Bertz CT molecular complexity index is 1340. The highest BCUT2D eigenvalue weighted by Gasteiger charge is 2.19. The molecule has 0 aliphatic rings. The van der Waals surface area contributed by atoms with Gasteiger partial charge in [-0.05, 0) is 55.3 Å². The lowest BCUT2D eigenvalue weighted by Gasteiger charge is -2.13. The summed E-state index contributed by atoms with van der Waals surface area (Å²) in [5.41, 5.74) is 8.59. The summed E-state index contributed by atoms with van der Waals surface area (Å²) < 4.78 is 35.4. The van der Waals surface area contributed by atoms with Gasteiger partial charge in [0.25, 0.3) is 0 Å². The molecule has 9 heteroatoms. The third-order valence-electron chi connectivity index (χ3n) is 5.39. The smallest absolute Gasteiger partial charge is 0.227 e. The van der Waals surface area contributed by atoms with Gasteiger partial charge in [-0.2, -0.15) is 0 Å². The maximum atomic E-state index is 14.0. The summed E-state index contributed by atoms with van der Waals surface area (Å²) >= 11 is 5.91. The molecule has 4 aromatic rings. The number of halogens is 3. The van der Waals surface area contributed by atoms with Gasteiger partial charge in [-0.1, -0.05) is 29.8 Å². The first kappa shape index (κ1) is 23.7. The maximum Gasteiger partial charge on any atom is 0.227 e. The summed E-state index contributed by atoms with van der Waals surface area (Å²) in [5.74, 6) is -0.857. The Kier molecular flexibility index (Phi) is 6.81. The molecule has 176 valence electrons. The van der Waals surface area contributed by atoms with Crippen molar-refractivity contribution in [3.8, 4) is 5.75 Å². The van der Waals surface area contributed by atoms with E-state index in [9.17, 15) is 13.6 Å². The van der Waals surface area contributed by atoms with Crippen molar-refractivity contribution in [3.63, 3.8) is 0 Å². The van der Waals surface area contributed by atoms with Crippen LogP contribution in [0.3, 0.4) is 0 Å². The van der Waals surface area contributed by atoms with Crippen molar-refractivity contribution in [1.82, 2.24) is 9.38 Å². The summed E-state index contributed by atoms with van der Waals surface area (Å²) in [6.07, 6.45) is 1.84. The largest absolute Gasteiger partial charge is 0.485 e. The van der Waals surface area contributed by atoms with Gasteiger partial charge in [0.1, 0.15) is 24.1 Å². The van der Waals surface area contributed by atoms with Crippen LogP contribution < -0.4 is 15.8 Å². The second kappa shape index (κ2) is 9.79. The average molecular weight is 485 g/mol. The number of carbonyl (C=O) groups excluding carboxylic acids is 1. The number of nitrogens with zero attached hydrogens (tertiary/aromatic N) is 2. The molecule has 0 spiro atoms. The van der Waals surface area contributed by atoms with Crippen LogP contribution >= 0.6 is 11.6 Å². The SMILES string of the molecule is Cc1cc(OCc2c(F)cccc2F)c2nc(C)c(NC(=O)CC(N)c3ccc(Cl)cc3)n2c1. The summed E-state index contributed by atoms with van der Waals surface area (Å²) in [7, 11) is 0. The van der Waals surface area contributed by atoms with Crippen molar-refractivity contribution in [2.45, 2.75) is 32.9 Å². The van der Waals surface area contributed by atoms with Crippen LogP contribution in [0.1, 0.15) is 34.8 Å². The molecule has 0 saturated heterocycles. The van der Waals surface area contributed by atoms with Crippen molar-refractivity contribution in [2.75, 3.05) is 5.32 Å². The van der Waals surface area contributed by atoms with Gasteiger partial charge >= 0.3 is 0 Å². The van der Waals surface area contributed by atoms with E-state index in [1.807, 2.05) is 6.92 Å². The molecule has 0 aliphatic heterocycles. The van der Waals surface area contributed by atoms with Crippen LogP contribution in [0.4, 0.5) is 14.6 Å². The number of amides is 1. The summed E-state index contributed by atoms with van der Waals surface area (Å²) in [5, 5.41) is 3.46. The number of hydrogen-bond acceptors (Lipinski definition) is 4. The van der Waals surface area contributed by atoms with E-state index in [-0.39, 0.29) is 24.5 Å². The van der Waals surface area contributed by atoms with Crippen molar-refractivity contribution in [1.29, 1.82) is 0 Å². The quantitative estimate of drug-likeness (QED) is 0.363. The van der Waals surface area contributed by atoms with Crippen LogP contribution in [-0.2, 0) is 11.4 Å². The normalized spacial score (nSPS) is 12.1. The molecule has 1 unspecified atom stereocenters. The zero-order chi connectivity index (χ0) is 24.4. The molecule has 0 saturated carbocycles. The molecule has 3 N–H and O–H groups in total. The predicted octanol–water partition coefficient (Wildman–Crippen LogP) is 5.49. The molecule has 0 aliphatic carbocycles. The first-order valence-corrected chi connectivity index (χ1v) is 11.0. The number of imidazole rings is 1. The Hall–Kier alpha value is -3.49. The third kappa shape index (κ3) is 5.03. The number of pyridine rings is 1. The standard InChI is InChI=1S/C25H23ClF2N4O2/c1-14-10-22(34-13-18-19(27)4-3-5-20(18)28)25-30-15(2)24(32(25)12-14)31-23(33)11-21(29)16-6-8-17(26)9-7-16/h3-10,12,21H,11,13,29H2,1-2H3,(H,31,33). The van der Waals surface area contributed by atoms with E-state index in [1.165, 1.54) is 18.2 Å². The highest BCUT2D eigenvalue weighted by molar-refractivity contribution is 6.30. The van der Waals surface area contributed by atoms with Gasteiger partial charge in [0.2, 0.25) is 5.91 Å². The molecule has 2 aromatic carbocycles. The predicted molar refractivity (Wildman–Crippen MR) is 127 cm³/mol. The number of rotatable bonds is 7. The third-order valence-corrected chi connectivity index (χ3v) is 5.64. The highest BCUT2D eigenvalue weighted by atomic mass is 35.5. The van der Waals surface area contributed by atoms with Crippen LogP contribution in [0.25, 0.3) is 5.65 Å². The van der Waals surface area contributed by atoms with Gasteiger partial charge in [0.05, 0.1) is 11.3 Å². The topological polar surface area (TPSA) is 81.6 Å². The van der Waals surface area contributed by atoms with Crippen LogP contribution in [-0.4, -0.2) is 15.3 Å². The lowest BCUT2D eigenvalue weighted by atomic mass is 10.0. The van der Waals surface area contributed by atoms with Crippen LogP contribution in [0.5, 0.6) is 5.75 Å². The van der Waals surface area contributed by atoms with E-state index in [0.29, 0.717) is 27.9 Å². The van der Waals surface area contributed by atoms with Gasteiger partial charge in [0.15, 0.2) is 11.4 Å². The fraction of sp³-hybridized carbons (Fsp3) is 0.200. The number of anilines is 1. The molecule has 4 rings (SSSR count). The summed E-state index contributed by atoms with van der Waals surface area (Å²) in [4.78, 5) is 17.2. The first-order chi connectivity index (χ1) is 16.2. The molecule has 2 heterocycles. The maximum absolute atomic E-state index is 14.0. The van der Waals surface area contributed by atoms with Crippen molar-refractivity contribution >= 4 is 29.0 Å². The summed E-state index contributed by atoms with van der Waals surface area (Å²) in [6.45, 7) is 3.28. The monoisotopic (exact) mass is 484 g/mol. The van der Waals surface area contributed by atoms with E-state index < -0.39 is 17.7 Å². The minimum atomic E-state index is -0.687. The number of aromatic nitrogens is 2. The van der Waals surface area contributed by atoms with E-state index in [1.54, 1.807) is 47.9 Å². The molecular formula is C25H23ClF2N4O2. The lowest BCUT2D eigenvalue weighted by Crippen LogP contribution is -2.21. The lowest BCUT2D eigenvalue weighted by molar-refractivity contribution is -0.116. The first-order valence-electron chi connectivity index (χ1n) is 10.6. The van der Waals surface area contributed by atoms with Gasteiger partial charge in [-0.25, -0.2) is 13.8 Å². The van der Waals surface area contributed by atoms with Crippen LogP contribution in [0.2, 0.25) is 5.02 Å². The van der Waals surface area contributed by atoms with Gasteiger partial charge in [-0.15, -0.1) is 0 Å². The number of nitrogens with two attached hydrogens (primary N) is 1. The number of ether oxygens (including phenoxy) is 1. The molecule has 0 bridgehead atoms. The molecule has 34 heavy (non-hydrogen) atoms. The molecule has 2 aromatic heterocycles. The van der Waals surface area contributed by atoms with E-state index >= 15 is 0 Å². The molecule has 1 amide bonds. The number of benzene rings is 2. The Morgan fingerprint density at radius 3 is 2.53 bits per heavy atom. The van der Waals surface area contributed by atoms with Gasteiger partial charge in [-0.3, -0.25) is 9.20 Å². The Morgan fingerprint density at radius 2 is 1.85 bits per heavy atom. The molecular weight excluding hydrogens is 462 g/mol. The van der Waals surface area contributed by atoms with Crippen LogP contribution in [0, 0.1) is 25.5 Å². The number of carbonyl (C=O) groups is 1. The number of fused-ring (bicyclic) bond motifs is 1. The van der Waals surface area contributed by atoms with Crippen LogP contribution in [0.15, 0.2) is 54.7 Å². The molecule has 6 nitrogen and oxygen atoms in total. The Balaban J connectivity index is 1.56. The highest BCUT2D eigenvalue weighted by Crippen LogP contribution is 2.28. The number of aryl methyl sites for hydroxylation is 2. The summed E-state index contributed by atoms with van der Waals surface area (Å²) in [6, 6.07) is 11.9. The second-order valence-electron chi connectivity index (χ2n) is 8.02. The zero-order valence-electron chi connectivity index (χ0n) is 18.6. The fourth-order valence-electron chi connectivity index (χ4n) is 3.65.